The van der Waals surface area contributed by atoms with Gasteiger partial charge in [0.05, 0.1) is 17.2 Å². The number of hydrogen-bond donors (Lipinski definition) is 2. The number of carboxylic acids is 1. The molecule has 0 aliphatic rings. The molecule has 1 aromatic heterocycles. The second kappa shape index (κ2) is 10.1. The quantitative estimate of drug-likeness (QED) is 0.511. The number of carboxylic acid groups (broad SMARTS) is 1. The van der Waals surface area contributed by atoms with Crippen molar-refractivity contribution >= 4 is 16.9 Å². The molecule has 0 amide bonds. The Kier molecular flexibility index (Phi) is 7.31. The second-order valence-corrected chi connectivity index (χ2v) is 7.36. The molecule has 1 atom stereocenters. The minimum atomic E-state index is -1.03. The van der Waals surface area contributed by atoms with Gasteiger partial charge < -0.3 is 24.3 Å². The Labute approximate surface area is 180 Å². The van der Waals surface area contributed by atoms with Crippen LogP contribution in [0, 0.1) is 0 Å². The number of rotatable bonds is 10. The van der Waals surface area contributed by atoms with Crippen molar-refractivity contribution in [2.45, 2.75) is 46.0 Å². The molecule has 0 fully saturated rings. The fourth-order valence-corrected chi connectivity index (χ4v) is 3.34. The molecule has 3 aromatic rings. The Morgan fingerprint density at radius 2 is 1.81 bits per heavy atom. The molecule has 1 heterocycles. The highest BCUT2D eigenvalue weighted by Crippen LogP contribution is 2.29. The van der Waals surface area contributed by atoms with Crippen LogP contribution in [0.2, 0.25) is 0 Å². The molecule has 2 aromatic carbocycles. The third-order valence-electron chi connectivity index (χ3n) is 4.71. The van der Waals surface area contributed by atoms with Crippen LogP contribution in [0.25, 0.3) is 10.9 Å². The summed E-state index contributed by atoms with van der Waals surface area (Å²) in [7, 11) is 0. The Balaban J connectivity index is 1.92. The highest BCUT2D eigenvalue weighted by Gasteiger charge is 2.21. The van der Waals surface area contributed by atoms with E-state index in [4.69, 9.17) is 14.2 Å². The van der Waals surface area contributed by atoms with Crippen LogP contribution in [0.4, 0.5) is 0 Å². The van der Waals surface area contributed by atoms with Crippen LogP contribution < -0.4 is 15.0 Å². The molecule has 7 heteroatoms. The molecule has 0 aliphatic heterocycles. The van der Waals surface area contributed by atoms with E-state index in [1.54, 1.807) is 25.1 Å². The van der Waals surface area contributed by atoms with Gasteiger partial charge in [-0.05, 0) is 44.5 Å². The standard InChI is InChI=1S/C24H27NO6/c1-4-29-21(24(27)28)13-16-9-5-8-12-20(16)30-14-18-22(31-15(2)3)17-10-6-7-11-19(17)25-23(18)26/h5-12,15,21H,4,13-14H2,1-3H3,(H,25,26)(H,27,28). The molecule has 0 saturated carbocycles. The number of ether oxygens (including phenoxy) is 3. The molecule has 7 nitrogen and oxygen atoms in total. The van der Waals surface area contributed by atoms with E-state index in [9.17, 15) is 14.7 Å². The van der Waals surface area contributed by atoms with Gasteiger partial charge in [0.15, 0.2) is 6.10 Å². The molecule has 1 unspecified atom stereocenters. The maximum absolute atomic E-state index is 12.8. The fourth-order valence-electron chi connectivity index (χ4n) is 3.34. The highest BCUT2D eigenvalue weighted by atomic mass is 16.5. The molecule has 0 aliphatic carbocycles. The van der Waals surface area contributed by atoms with Gasteiger partial charge in [-0.1, -0.05) is 30.3 Å². The number of aliphatic carboxylic acids is 1. The van der Waals surface area contributed by atoms with Gasteiger partial charge in [0.1, 0.15) is 18.1 Å². The molecule has 0 bridgehead atoms. The van der Waals surface area contributed by atoms with E-state index >= 15 is 0 Å². The average molecular weight is 425 g/mol. The minimum absolute atomic E-state index is 0.0222. The number of pyridine rings is 1. The SMILES string of the molecule is CCOC(Cc1ccccc1OCc1c(OC(C)C)c2ccccc2[nH]c1=O)C(=O)O. The number of para-hydroxylation sites is 2. The number of aromatic nitrogens is 1. The number of nitrogens with one attached hydrogen (secondary N) is 1. The Hall–Kier alpha value is -3.32. The molecule has 164 valence electrons. The Morgan fingerprint density at radius 1 is 1.10 bits per heavy atom. The number of hydrogen-bond acceptors (Lipinski definition) is 5. The molecule has 0 saturated heterocycles. The summed E-state index contributed by atoms with van der Waals surface area (Å²) in [6.07, 6.45) is -0.944. The fraction of sp³-hybridized carbons (Fsp3) is 0.333. The van der Waals surface area contributed by atoms with Crippen molar-refractivity contribution in [3.63, 3.8) is 0 Å². The Morgan fingerprint density at radius 3 is 2.52 bits per heavy atom. The number of H-pyrrole nitrogens is 1. The summed E-state index contributed by atoms with van der Waals surface area (Å²) in [5, 5.41) is 10.2. The van der Waals surface area contributed by atoms with Crippen molar-refractivity contribution in [1.82, 2.24) is 4.98 Å². The van der Waals surface area contributed by atoms with E-state index in [-0.39, 0.29) is 24.7 Å². The van der Waals surface area contributed by atoms with Crippen LogP contribution >= 0.6 is 0 Å². The first-order valence-electron chi connectivity index (χ1n) is 10.3. The second-order valence-electron chi connectivity index (χ2n) is 7.36. The molecule has 2 N–H and O–H groups in total. The van der Waals surface area contributed by atoms with Crippen LogP contribution in [0.5, 0.6) is 11.5 Å². The minimum Gasteiger partial charge on any atom is -0.490 e. The van der Waals surface area contributed by atoms with E-state index in [0.29, 0.717) is 34.7 Å². The third-order valence-corrected chi connectivity index (χ3v) is 4.71. The first kappa shape index (κ1) is 22.4. The van der Waals surface area contributed by atoms with Crippen molar-refractivity contribution in [2.75, 3.05) is 6.61 Å². The lowest BCUT2D eigenvalue weighted by molar-refractivity contribution is -0.149. The van der Waals surface area contributed by atoms with Gasteiger partial charge >= 0.3 is 5.97 Å². The summed E-state index contributed by atoms with van der Waals surface area (Å²) >= 11 is 0. The predicted molar refractivity (Wildman–Crippen MR) is 118 cm³/mol. The molecule has 31 heavy (non-hydrogen) atoms. The molecule has 3 rings (SSSR count). The lowest BCUT2D eigenvalue weighted by atomic mass is 10.1. The Bertz CT molecular complexity index is 1100. The summed E-state index contributed by atoms with van der Waals surface area (Å²) in [6, 6.07) is 14.6. The van der Waals surface area contributed by atoms with Crippen LogP contribution in [0.15, 0.2) is 53.3 Å². The van der Waals surface area contributed by atoms with E-state index in [2.05, 4.69) is 4.98 Å². The summed E-state index contributed by atoms with van der Waals surface area (Å²) in [6.45, 7) is 5.82. The van der Waals surface area contributed by atoms with E-state index in [1.807, 2.05) is 44.2 Å². The third kappa shape index (κ3) is 5.44. The van der Waals surface area contributed by atoms with Gasteiger partial charge in [-0.15, -0.1) is 0 Å². The van der Waals surface area contributed by atoms with E-state index in [0.717, 1.165) is 5.39 Å². The predicted octanol–water partition coefficient (Wildman–Crippen LogP) is 3.93. The maximum Gasteiger partial charge on any atom is 0.333 e. The van der Waals surface area contributed by atoms with Crippen LogP contribution in [-0.2, 0) is 22.6 Å². The van der Waals surface area contributed by atoms with Crippen LogP contribution in [0.3, 0.4) is 0 Å². The first-order valence-corrected chi connectivity index (χ1v) is 10.3. The number of fused-ring (bicyclic) bond motifs is 1. The summed E-state index contributed by atoms with van der Waals surface area (Å²) in [4.78, 5) is 27.1. The summed E-state index contributed by atoms with van der Waals surface area (Å²) in [5.41, 5.74) is 1.46. The summed E-state index contributed by atoms with van der Waals surface area (Å²) in [5.74, 6) is -0.0451. The number of aromatic amines is 1. The lowest BCUT2D eigenvalue weighted by Gasteiger charge is -2.18. The van der Waals surface area contributed by atoms with Gasteiger partial charge in [0.25, 0.3) is 5.56 Å². The van der Waals surface area contributed by atoms with Crippen molar-refractivity contribution in [3.8, 4) is 11.5 Å². The molecular formula is C24H27NO6. The molecular weight excluding hydrogens is 398 g/mol. The summed E-state index contributed by atoms with van der Waals surface area (Å²) < 4.78 is 17.3. The number of benzene rings is 2. The molecule has 0 spiro atoms. The van der Waals surface area contributed by atoms with Gasteiger partial charge in [-0.2, -0.15) is 0 Å². The normalized spacial score (nSPS) is 12.1. The van der Waals surface area contributed by atoms with Gasteiger partial charge in [0.2, 0.25) is 0 Å². The zero-order valence-electron chi connectivity index (χ0n) is 17.9. The van der Waals surface area contributed by atoms with Crippen molar-refractivity contribution in [1.29, 1.82) is 0 Å². The number of carbonyl (C=O) groups is 1. The van der Waals surface area contributed by atoms with Crippen molar-refractivity contribution in [3.05, 3.63) is 70.0 Å². The van der Waals surface area contributed by atoms with Gasteiger partial charge in [-0.3, -0.25) is 4.79 Å². The average Bonchev–Trinajstić information content (AvgIpc) is 2.73. The van der Waals surface area contributed by atoms with Gasteiger partial charge in [-0.25, -0.2) is 4.79 Å². The first-order chi connectivity index (χ1) is 14.9. The smallest absolute Gasteiger partial charge is 0.333 e. The maximum atomic E-state index is 12.8. The highest BCUT2D eigenvalue weighted by molar-refractivity contribution is 5.86. The van der Waals surface area contributed by atoms with Crippen LogP contribution in [-0.4, -0.2) is 34.9 Å². The van der Waals surface area contributed by atoms with Gasteiger partial charge in [0, 0.05) is 18.4 Å². The van der Waals surface area contributed by atoms with E-state index < -0.39 is 12.1 Å². The van der Waals surface area contributed by atoms with Crippen molar-refractivity contribution in [2.24, 2.45) is 0 Å². The largest absolute Gasteiger partial charge is 0.490 e. The zero-order chi connectivity index (χ0) is 22.4. The topological polar surface area (TPSA) is 97.9 Å². The molecule has 0 radical (unpaired) electrons. The van der Waals surface area contributed by atoms with Crippen molar-refractivity contribution < 1.29 is 24.1 Å². The monoisotopic (exact) mass is 425 g/mol. The lowest BCUT2D eigenvalue weighted by Crippen LogP contribution is -2.26. The van der Waals surface area contributed by atoms with Crippen LogP contribution in [0.1, 0.15) is 31.9 Å². The zero-order valence-corrected chi connectivity index (χ0v) is 17.9. The van der Waals surface area contributed by atoms with E-state index in [1.165, 1.54) is 0 Å².